The van der Waals surface area contributed by atoms with Crippen LogP contribution < -0.4 is 5.32 Å². The SMILES string of the molecule is Cc1noc(C)c1CNc1nnnn1C. The van der Waals surface area contributed by atoms with Gasteiger partial charge in [0.25, 0.3) is 0 Å². The van der Waals surface area contributed by atoms with Crippen molar-refractivity contribution >= 4 is 5.95 Å². The lowest BCUT2D eigenvalue weighted by molar-refractivity contribution is 0.392. The molecule has 7 heteroatoms. The summed E-state index contributed by atoms with van der Waals surface area (Å²) in [7, 11) is 1.77. The Balaban J connectivity index is 2.08. The van der Waals surface area contributed by atoms with E-state index in [1.807, 2.05) is 13.8 Å². The Morgan fingerprint density at radius 2 is 2.20 bits per heavy atom. The Morgan fingerprint density at radius 3 is 2.73 bits per heavy atom. The van der Waals surface area contributed by atoms with E-state index in [4.69, 9.17) is 4.52 Å². The number of aryl methyl sites for hydroxylation is 3. The van der Waals surface area contributed by atoms with Gasteiger partial charge in [-0.25, -0.2) is 4.68 Å². The monoisotopic (exact) mass is 208 g/mol. The zero-order valence-electron chi connectivity index (χ0n) is 8.85. The third-order valence-corrected chi connectivity index (χ3v) is 2.22. The molecule has 0 aliphatic rings. The molecule has 0 saturated heterocycles. The van der Waals surface area contributed by atoms with Crippen molar-refractivity contribution in [1.82, 2.24) is 25.4 Å². The summed E-state index contributed by atoms with van der Waals surface area (Å²) < 4.78 is 6.61. The third-order valence-electron chi connectivity index (χ3n) is 2.22. The molecule has 0 fully saturated rings. The second-order valence-corrected chi connectivity index (χ2v) is 3.28. The highest BCUT2D eigenvalue weighted by Gasteiger charge is 2.09. The van der Waals surface area contributed by atoms with Crippen molar-refractivity contribution in [2.24, 2.45) is 7.05 Å². The van der Waals surface area contributed by atoms with E-state index in [9.17, 15) is 0 Å². The first-order valence-electron chi connectivity index (χ1n) is 4.56. The van der Waals surface area contributed by atoms with Crippen LogP contribution in [0.15, 0.2) is 4.52 Å². The molecule has 2 heterocycles. The summed E-state index contributed by atoms with van der Waals surface area (Å²) in [4.78, 5) is 0. The molecule has 0 aliphatic heterocycles. The summed E-state index contributed by atoms with van der Waals surface area (Å²) >= 11 is 0. The van der Waals surface area contributed by atoms with Crippen molar-refractivity contribution in [2.45, 2.75) is 20.4 Å². The standard InChI is InChI=1S/C8H12N6O/c1-5-7(6(2)15-11-5)4-9-8-10-12-13-14(8)3/h4H2,1-3H3,(H,9,10,13). The van der Waals surface area contributed by atoms with Gasteiger partial charge in [-0.3, -0.25) is 0 Å². The number of tetrazole rings is 1. The highest BCUT2D eigenvalue weighted by Crippen LogP contribution is 2.13. The minimum atomic E-state index is 0.607. The molecule has 0 aliphatic carbocycles. The first-order chi connectivity index (χ1) is 7.18. The Hall–Kier alpha value is -1.92. The number of hydrogen-bond acceptors (Lipinski definition) is 6. The molecule has 2 aromatic heterocycles. The number of nitrogens with zero attached hydrogens (tertiary/aromatic N) is 5. The molecule has 0 atom stereocenters. The van der Waals surface area contributed by atoms with Crippen LogP contribution in [0.2, 0.25) is 0 Å². The molecule has 0 radical (unpaired) electrons. The summed E-state index contributed by atoms with van der Waals surface area (Å²) in [5.74, 6) is 1.44. The van der Waals surface area contributed by atoms with E-state index in [1.54, 1.807) is 11.7 Å². The summed E-state index contributed by atoms with van der Waals surface area (Å²) in [5, 5.41) is 18.0. The lowest BCUT2D eigenvalue weighted by Crippen LogP contribution is -2.06. The van der Waals surface area contributed by atoms with E-state index in [2.05, 4.69) is 26.0 Å². The van der Waals surface area contributed by atoms with Crippen LogP contribution in [0.25, 0.3) is 0 Å². The number of anilines is 1. The first kappa shape index (κ1) is 9.63. The summed E-state index contributed by atoms with van der Waals surface area (Å²) in [6.07, 6.45) is 0. The van der Waals surface area contributed by atoms with Crippen molar-refractivity contribution in [3.05, 3.63) is 17.0 Å². The smallest absolute Gasteiger partial charge is 0.242 e. The van der Waals surface area contributed by atoms with E-state index < -0.39 is 0 Å². The van der Waals surface area contributed by atoms with Crippen molar-refractivity contribution in [3.8, 4) is 0 Å². The molecule has 0 bridgehead atoms. The van der Waals surface area contributed by atoms with Gasteiger partial charge in [0, 0.05) is 19.2 Å². The van der Waals surface area contributed by atoms with Gasteiger partial charge in [0.15, 0.2) is 0 Å². The van der Waals surface area contributed by atoms with Crippen molar-refractivity contribution in [2.75, 3.05) is 5.32 Å². The second-order valence-electron chi connectivity index (χ2n) is 3.28. The van der Waals surface area contributed by atoms with Gasteiger partial charge in [0.2, 0.25) is 5.95 Å². The number of nitrogens with one attached hydrogen (secondary N) is 1. The quantitative estimate of drug-likeness (QED) is 0.787. The second kappa shape index (κ2) is 3.68. The Kier molecular flexibility index (Phi) is 2.36. The summed E-state index contributed by atoms with van der Waals surface area (Å²) in [6.45, 7) is 4.39. The van der Waals surface area contributed by atoms with E-state index in [0.29, 0.717) is 12.5 Å². The average Bonchev–Trinajstić information content (AvgIpc) is 2.73. The lowest BCUT2D eigenvalue weighted by atomic mass is 10.2. The molecular formula is C8H12N6O. The summed E-state index contributed by atoms with van der Waals surface area (Å²) in [5.41, 5.74) is 1.92. The molecule has 0 amide bonds. The molecule has 0 aromatic carbocycles. The van der Waals surface area contributed by atoms with Gasteiger partial charge < -0.3 is 9.84 Å². The maximum Gasteiger partial charge on any atom is 0.242 e. The third kappa shape index (κ3) is 1.80. The van der Waals surface area contributed by atoms with Gasteiger partial charge in [-0.2, -0.15) is 0 Å². The molecular weight excluding hydrogens is 196 g/mol. The van der Waals surface area contributed by atoms with Gasteiger partial charge in [0.05, 0.1) is 5.69 Å². The predicted octanol–water partition coefficient (Wildman–Crippen LogP) is 0.427. The fourth-order valence-corrected chi connectivity index (χ4v) is 1.30. The van der Waals surface area contributed by atoms with Crippen LogP contribution in [0.4, 0.5) is 5.95 Å². The molecule has 0 spiro atoms. The molecule has 2 rings (SSSR count). The van der Waals surface area contributed by atoms with Crippen LogP contribution in [0, 0.1) is 13.8 Å². The van der Waals surface area contributed by atoms with Crippen LogP contribution in [0.1, 0.15) is 17.0 Å². The van der Waals surface area contributed by atoms with Crippen LogP contribution in [0.5, 0.6) is 0 Å². The van der Waals surface area contributed by atoms with Gasteiger partial charge in [-0.1, -0.05) is 10.3 Å². The Morgan fingerprint density at radius 1 is 1.40 bits per heavy atom. The number of rotatable bonds is 3. The minimum absolute atomic E-state index is 0.607. The van der Waals surface area contributed by atoms with E-state index in [1.165, 1.54) is 0 Å². The van der Waals surface area contributed by atoms with Crippen molar-refractivity contribution < 1.29 is 4.52 Å². The Bertz CT molecular complexity index is 440. The molecule has 7 nitrogen and oxygen atoms in total. The molecule has 80 valence electrons. The first-order valence-corrected chi connectivity index (χ1v) is 4.56. The van der Waals surface area contributed by atoms with Crippen LogP contribution in [0.3, 0.4) is 0 Å². The molecule has 0 saturated carbocycles. The fourth-order valence-electron chi connectivity index (χ4n) is 1.30. The normalized spacial score (nSPS) is 10.6. The maximum absolute atomic E-state index is 5.05. The van der Waals surface area contributed by atoms with Crippen LogP contribution >= 0.6 is 0 Å². The molecule has 0 unspecified atom stereocenters. The topological polar surface area (TPSA) is 81.7 Å². The van der Waals surface area contributed by atoms with E-state index in [0.717, 1.165) is 17.0 Å². The van der Waals surface area contributed by atoms with E-state index in [-0.39, 0.29) is 0 Å². The fraction of sp³-hybridized carbons (Fsp3) is 0.500. The zero-order chi connectivity index (χ0) is 10.8. The zero-order valence-corrected chi connectivity index (χ0v) is 8.85. The van der Waals surface area contributed by atoms with Gasteiger partial charge >= 0.3 is 0 Å². The highest BCUT2D eigenvalue weighted by molar-refractivity contribution is 5.28. The average molecular weight is 208 g/mol. The number of hydrogen-bond donors (Lipinski definition) is 1. The largest absolute Gasteiger partial charge is 0.361 e. The predicted molar refractivity (Wildman–Crippen MR) is 52.1 cm³/mol. The van der Waals surface area contributed by atoms with Gasteiger partial charge in [0.1, 0.15) is 5.76 Å². The van der Waals surface area contributed by atoms with Crippen molar-refractivity contribution in [3.63, 3.8) is 0 Å². The number of aromatic nitrogens is 5. The van der Waals surface area contributed by atoms with Crippen LogP contribution in [-0.4, -0.2) is 25.4 Å². The maximum atomic E-state index is 5.05. The lowest BCUT2D eigenvalue weighted by Gasteiger charge is -2.02. The highest BCUT2D eigenvalue weighted by atomic mass is 16.5. The van der Waals surface area contributed by atoms with Crippen molar-refractivity contribution in [1.29, 1.82) is 0 Å². The van der Waals surface area contributed by atoms with Crippen LogP contribution in [-0.2, 0) is 13.6 Å². The Labute approximate surface area is 86.4 Å². The minimum Gasteiger partial charge on any atom is -0.361 e. The molecule has 2 aromatic rings. The van der Waals surface area contributed by atoms with Gasteiger partial charge in [-0.15, -0.1) is 0 Å². The van der Waals surface area contributed by atoms with E-state index >= 15 is 0 Å². The van der Waals surface area contributed by atoms with Gasteiger partial charge in [-0.05, 0) is 24.3 Å². The molecule has 15 heavy (non-hydrogen) atoms. The summed E-state index contributed by atoms with van der Waals surface area (Å²) in [6, 6.07) is 0. The molecule has 1 N–H and O–H groups in total.